The normalized spacial score (nSPS) is 25.4. The van der Waals surface area contributed by atoms with E-state index in [1.165, 1.54) is 4.90 Å². The van der Waals surface area contributed by atoms with Gasteiger partial charge in [-0.25, -0.2) is 0 Å². The van der Waals surface area contributed by atoms with E-state index in [0.29, 0.717) is 25.9 Å². The van der Waals surface area contributed by atoms with Gasteiger partial charge in [0.15, 0.2) is 5.78 Å². The van der Waals surface area contributed by atoms with Crippen LogP contribution in [0.2, 0.25) is 0 Å². The van der Waals surface area contributed by atoms with E-state index in [0.717, 1.165) is 12.8 Å². The van der Waals surface area contributed by atoms with Crippen LogP contribution in [0.15, 0.2) is 0 Å². The summed E-state index contributed by atoms with van der Waals surface area (Å²) in [6.45, 7) is 3.09. The number of likely N-dealkylation sites (tertiary alicyclic amines) is 1. The molecule has 3 N–H and O–H groups in total. The Bertz CT molecular complexity index is 814. The maximum Gasteiger partial charge on any atom is 0.522 e. The van der Waals surface area contributed by atoms with Gasteiger partial charge in [-0.05, 0) is 49.9 Å². The fourth-order valence-corrected chi connectivity index (χ4v) is 4.75. The molecular formula is C22H32F3N3O6. The molecule has 3 fully saturated rings. The van der Waals surface area contributed by atoms with Gasteiger partial charge >= 0.3 is 6.36 Å². The number of aliphatic hydroxyl groups excluding tert-OH is 1. The minimum absolute atomic E-state index is 0.0527. The number of ether oxygens (including phenoxy) is 1. The fourth-order valence-electron chi connectivity index (χ4n) is 4.75. The van der Waals surface area contributed by atoms with Crippen LogP contribution in [0, 0.1) is 17.3 Å². The van der Waals surface area contributed by atoms with Gasteiger partial charge in [0.1, 0.15) is 18.8 Å². The van der Waals surface area contributed by atoms with Gasteiger partial charge in [-0.15, -0.1) is 13.2 Å². The number of carbonyl (C=O) groups is 4. The second kappa shape index (κ2) is 10.2. The van der Waals surface area contributed by atoms with Gasteiger partial charge in [-0.3, -0.25) is 23.9 Å². The Hall–Kier alpha value is -2.21. The highest BCUT2D eigenvalue weighted by molar-refractivity contribution is 5.95. The van der Waals surface area contributed by atoms with Crippen molar-refractivity contribution in [2.75, 3.05) is 19.7 Å². The quantitative estimate of drug-likeness (QED) is 0.417. The molecule has 12 heteroatoms. The van der Waals surface area contributed by atoms with Gasteiger partial charge in [0.2, 0.25) is 11.8 Å². The van der Waals surface area contributed by atoms with Crippen LogP contribution in [0.3, 0.4) is 0 Å². The average molecular weight is 492 g/mol. The number of amides is 3. The number of aliphatic hydroxyl groups is 1. The Labute approximate surface area is 195 Å². The molecule has 1 aliphatic carbocycles. The average Bonchev–Trinajstić information content (AvgIpc) is 3.19. The summed E-state index contributed by atoms with van der Waals surface area (Å²) >= 11 is 0. The SMILES string of the molecule is CC(C)C[C@@H](O)C(=O)N1CC2(CC2)C[C@H]1C(=O)NC(C[C@@H]1CCNC1=O)C(=O)COC(F)(F)F. The smallest absolute Gasteiger partial charge is 0.383 e. The molecule has 2 heterocycles. The lowest BCUT2D eigenvalue weighted by atomic mass is 9.95. The van der Waals surface area contributed by atoms with Crippen molar-refractivity contribution in [2.24, 2.45) is 17.3 Å². The molecule has 9 nitrogen and oxygen atoms in total. The molecule has 34 heavy (non-hydrogen) atoms. The lowest BCUT2D eigenvalue weighted by Gasteiger charge is -2.28. The lowest BCUT2D eigenvalue weighted by Crippen LogP contribution is -2.53. The summed E-state index contributed by atoms with van der Waals surface area (Å²) in [5.74, 6) is -3.19. The van der Waals surface area contributed by atoms with E-state index in [2.05, 4.69) is 15.4 Å². The topological polar surface area (TPSA) is 125 Å². The number of Topliss-reactive ketones (excluding diaryl/α,β-unsaturated/α-hetero) is 1. The van der Waals surface area contributed by atoms with Gasteiger partial charge < -0.3 is 20.6 Å². The van der Waals surface area contributed by atoms with Crippen LogP contribution in [0.25, 0.3) is 0 Å². The van der Waals surface area contributed by atoms with Crippen molar-refractivity contribution in [3.63, 3.8) is 0 Å². The molecule has 3 amide bonds. The van der Waals surface area contributed by atoms with E-state index in [4.69, 9.17) is 0 Å². The first-order valence-corrected chi connectivity index (χ1v) is 11.6. The summed E-state index contributed by atoms with van der Waals surface area (Å²) in [6.07, 6.45) is -3.85. The lowest BCUT2D eigenvalue weighted by molar-refractivity contribution is -0.321. The molecule has 3 rings (SSSR count). The first kappa shape index (κ1) is 26.4. The zero-order valence-electron chi connectivity index (χ0n) is 19.3. The van der Waals surface area contributed by atoms with Gasteiger partial charge in [-0.1, -0.05) is 13.8 Å². The van der Waals surface area contributed by atoms with Crippen molar-refractivity contribution < 1.29 is 42.2 Å². The highest BCUT2D eigenvalue weighted by atomic mass is 19.4. The highest BCUT2D eigenvalue weighted by Crippen LogP contribution is 2.55. The van der Waals surface area contributed by atoms with E-state index < -0.39 is 54.7 Å². The summed E-state index contributed by atoms with van der Waals surface area (Å²) < 4.78 is 41.0. The van der Waals surface area contributed by atoms with E-state index >= 15 is 0 Å². The summed E-state index contributed by atoms with van der Waals surface area (Å²) in [7, 11) is 0. The highest BCUT2D eigenvalue weighted by Gasteiger charge is 2.56. The van der Waals surface area contributed by atoms with Gasteiger partial charge in [0, 0.05) is 19.0 Å². The first-order valence-electron chi connectivity index (χ1n) is 11.6. The Morgan fingerprint density at radius 1 is 1.29 bits per heavy atom. The molecule has 1 saturated carbocycles. The number of nitrogens with one attached hydrogen (secondary N) is 2. The Morgan fingerprint density at radius 2 is 1.97 bits per heavy atom. The number of ketones is 1. The van der Waals surface area contributed by atoms with Crippen LogP contribution in [0.4, 0.5) is 13.2 Å². The van der Waals surface area contributed by atoms with Crippen molar-refractivity contribution in [1.82, 2.24) is 15.5 Å². The third kappa shape index (κ3) is 6.68. The third-order valence-electron chi connectivity index (χ3n) is 6.80. The standard InChI is InChI=1S/C22H32F3N3O6/c1-12(2)7-16(29)20(33)28-11-21(4-5-21)9-15(28)19(32)27-14(8-13-3-6-26-18(13)31)17(30)10-34-22(23,24)25/h12-16,29H,3-11H2,1-2H3,(H,26,31)(H,27,32)/t13-,14?,15-,16+/m0/s1. The van der Waals surface area contributed by atoms with E-state index in [1.54, 1.807) is 0 Å². The molecule has 2 saturated heterocycles. The third-order valence-corrected chi connectivity index (χ3v) is 6.80. The maximum absolute atomic E-state index is 13.2. The van der Waals surface area contributed by atoms with E-state index in [9.17, 15) is 37.5 Å². The summed E-state index contributed by atoms with van der Waals surface area (Å²) in [5.41, 5.74) is -0.209. The molecule has 0 radical (unpaired) electrons. The Balaban J connectivity index is 1.73. The molecule has 3 aliphatic rings. The number of carbonyl (C=O) groups excluding carboxylic acids is 4. The van der Waals surface area contributed by atoms with E-state index in [-0.39, 0.29) is 30.1 Å². The monoisotopic (exact) mass is 491 g/mol. The second-order valence-electron chi connectivity index (χ2n) is 10.1. The van der Waals surface area contributed by atoms with Crippen LogP contribution in [0.5, 0.6) is 0 Å². The minimum atomic E-state index is -5.02. The van der Waals surface area contributed by atoms with E-state index in [1.807, 2.05) is 13.8 Å². The zero-order valence-corrected chi connectivity index (χ0v) is 19.3. The fraction of sp³-hybridized carbons (Fsp3) is 0.818. The van der Waals surface area contributed by atoms with Gasteiger partial charge in [-0.2, -0.15) is 0 Å². The summed E-state index contributed by atoms with van der Waals surface area (Å²) in [4.78, 5) is 51.9. The summed E-state index contributed by atoms with van der Waals surface area (Å²) in [6, 6.07) is -2.33. The number of alkyl halides is 3. The minimum Gasteiger partial charge on any atom is -0.383 e. The number of hydrogen-bond acceptors (Lipinski definition) is 6. The number of rotatable bonds is 10. The van der Waals surface area contributed by atoms with Crippen molar-refractivity contribution in [3.8, 4) is 0 Å². The first-order chi connectivity index (χ1) is 15.8. The van der Waals surface area contributed by atoms with Crippen molar-refractivity contribution in [3.05, 3.63) is 0 Å². The van der Waals surface area contributed by atoms with Crippen molar-refractivity contribution >= 4 is 23.5 Å². The molecule has 0 aromatic carbocycles. The molecule has 1 unspecified atom stereocenters. The van der Waals surface area contributed by atoms with Gasteiger partial charge in [0.25, 0.3) is 5.91 Å². The van der Waals surface area contributed by atoms with Crippen LogP contribution in [0.1, 0.15) is 52.4 Å². The van der Waals surface area contributed by atoms with Crippen LogP contribution < -0.4 is 10.6 Å². The summed E-state index contributed by atoms with van der Waals surface area (Å²) in [5, 5.41) is 15.4. The molecular weight excluding hydrogens is 459 g/mol. The Morgan fingerprint density at radius 3 is 2.50 bits per heavy atom. The van der Waals surface area contributed by atoms with Crippen LogP contribution in [-0.4, -0.2) is 77.8 Å². The number of hydrogen-bond donors (Lipinski definition) is 3. The molecule has 0 aromatic heterocycles. The van der Waals surface area contributed by atoms with Crippen molar-refractivity contribution in [1.29, 1.82) is 0 Å². The molecule has 1 spiro atoms. The molecule has 0 aromatic rings. The number of nitrogens with zero attached hydrogens (tertiary/aromatic N) is 1. The molecule has 4 atom stereocenters. The van der Waals surface area contributed by atoms with Crippen molar-refractivity contribution in [2.45, 2.75) is 76.9 Å². The molecule has 192 valence electrons. The van der Waals surface area contributed by atoms with Crippen LogP contribution >= 0.6 is 0 Å². The number of halogens is 3. The zero-order chi connectivity index (χ0) is 25.3. The predicted molar refractivity (Wildman–Crippen MR) is 112 cm³/mol. The van der Waals surface area contributed by atoms with Crippen LogP contribution in [-0.2, 0) is 23.9 Å². The molecule has 0 bridgehead atoms. The Kier molecular flexibility index (Phi) is 7.91. The van der Waals surface area contributed by atoms with Gasteiger partial charge in [0.05, 0.1) is 6.04 Å². The molecule has 2 aliphatic heterocycles. The largest absolute Gasteiger partial charge is 0.522 e. The second-order valence-corrected chi connectivity index (χ2v) is 10.1. The maximum atomic E-state index is 13.2. The predicted octanol–water partition coefficient (Wildman–Crippen LogP) is 0.891.